The van der Waals surface area contributed by atoms with Crippen LogP contribution in [0, 0.1) is 0 Å². The number of carbonyl (C=O) groups excluding carboxylic acids is 1. The van der Waals surface area contributed by atoms with Crippen LogP contribution in [0.1, 0.15) is 23.7 Å². The van der Waals surface area contributed by atoms with Crippen molar-refractivity contribution in [1.82, 2.24) is 15.1 Å². The van der Waals surface area contributed by atoms with Crippen LogP contribution in [-0.2, 0) is 18.2 Å². The van der Waals surface area contributed by atoms with E-state index in [1.165, 1.54) is 18.2 Å². The lowest BCUT2D eigenvalue weighted by Gasteiger charge is -2.26. The zero-order chi connectivity index (χ0) is 16.9. The highest BCUT2D eigenvalue weighted by molar-refractivity contribution is 5.90. The number of amides is 2. The molecule has 1 aromatic heterocycles. The molecule has 2 amide bonds. The first-order chi connectivity index (χ1) is 11.7. The van der Waals surface area contributed by atoms with E-state index < -0.39 is 0 Å². The first kappa shape index (κ1) is 16.3. The lowest BCUT2D eigenvalue weighted by molar-refractivity contribution is 0.0373. The van der Waals surface area contributed by atoms with E-state index in [0.717, 1.165) is 19.4 Å². The van der Waals surface area contributed by atoms with Crippen LogP contribution in [0.5, 0.6) is 5.88 Å². The summed E-state index contributed by atoms with van der Waals surface area (Å²) in [5, 5.41) is 9.68. The summed E-state index contributed by atoms with van der Waals surface area (Å²) >= 11 is 0. The van der Waals surface area contributed by atoms with Crippen LogP contribution in [0.3, 0.4) is 0 Å². The molecule has 2 N–H and O–H groups in total. The maximum absolute atomic E-state index is 12.0. The first-order valence-corrected chi connectivity index (χ1v) is 7.99. The van der Waals surface area contributed by atoms with Crippen LogP contribution in [-0.4, -0.2) is 36.1 Å². The number of rotatable bonds is 5. The van der Waals surface area contributed by atoms with Crippen LogP contribution >= 0.6 is 0 Å². The summed E-state index contributed by atoms with van der Waals surface area (Å²) in [4.78, 5) is 12.0. The molecule has 1 unspecified atom stereocenters. The summed E-state index contributed by atoms with van der Waals surface area (Å²) in [7, 11) is 3.28. The van der Waals surface area contributed by atoms with Gasteiger partial charge in [-0.15, -0.1) is 5.10 Å². The van der Waals surface area contributed by atoms with Gasteiger partial charge in [0.05, 0.1) is 26.0 Å². The van der Waals surface area contributed by atoms with Gasteiger partial charge >= 0.3 is 6.03 Å². The molecule has 0 aliphatic carbocycles. The maximum atomic E-state index is 12.0. The molecule has 0 radical (unpaired) electrons. The van der Waals surface area contributed by atoms with Crippen molar-refractivity contribution in [3.8, 4) is 5.88 Å². The molecule has 1 aromatic carbocycles. The molecule has 1 aliphatic rings. The second kappa shape index (κ2) is 7.35. The molecule has 2 heterocycles. The van der Waals surface area contributed by atoms with E-state index in [4.69, 9.17) is 9.47 Å². The van der Waals surface area contributed by atoms with E-state index in [2.05, 4.69) is 27.9 Å². The largest absolute Gasteiger partial charge is 0.478 e. The summed E-state index contributed by atoms with van der Waals surface area (Å²) < 4.78 is 12.5. The van der Waals surface area contributed by atoms with E-state index in [1.54, 1.807) is 17.9 Å². The standard InChI is InChI=1S/C17H22N4O3/c1-21-11-14(16(20-21)23-2)19-17(22)18-9-7-15-13-6-4-3-5-12(13)8-10-24-15/h3-6,11,15H,7-10H2,1-2H3,(H2,18,19,22). The van der Waals surface area contributed by atoms with Crippen LogP contribution in [0.4, 0.5) is 10.5 Å². The minimum Gasteiger partial charge on any atom is -0.478 e. The van der Waals surface area contributed by atoms with Crippen molar-refractivity contribution in [3.05, 3.63) is 41.6 Å². The second-order valence-corrected chi connectivity index (χ2v) is 5.70. The smallest absolute Gasteiger partial charge is 0.319 e. The van der Waals surface area contributed by atoms with E-state index in [9.17, 15) is 4.79 Å². The SMILES string of the molecule is COc1nn(C)cc1NC(=O)NCCC1OCCc2ccccc21. The monoisotopic (exact) mass is 330 g/mol. The Balaban J connectivity index is 1.51. The van der Waals surface area contributed by atoms with Crippen molar-refractivity contribution >= 4 is 11.7 Å². The Morgan fingerprint density at radius 1 is 1.46 bits per heavy atom. The molecular weight excluding hydrogens is 308 g/mol. The molecule has 7 nitrogen and oxygen atoms in total. The van der Waals surface area contributed by atoms with Crippen LogP contribution < -0.4 is 15.4 Å². The van der Waals surface area contributed by atoms with Crippen molar-refractivity contribution in [3.63, 3.8) is 0 Å². The quantitative estimate of drug-likeness (QED) is 0.881. The highest BCUT2D eigenvalue weighted by Crippen LogP contribution is 2.29. The van der Waals surface area contributed by atoms with Crippen molar-refractivity contribution < 1.29 is 14.3 Å². The van der Waals surface area contributed by atoms with Gasteiger partial charge in [-0.3, -0.25) is 4.68 Å². The normalized spacial score (nSPS) is 16.3. The molecule has 0 saturated carbocycles. The number of anilines is 1. The van der Waals surface area contributed by atoms with Gasteiger partial charge in [0.1, 0.15) is 5.69 Å². The average Bonchev–Trinajstić information content (AvgIpc) is 2.94. The molecule has 128 valence electrons. The highest BCUT2D eigenvalue weighted by Gasteiger charge is 2.20. The van der Waals surface area contributed by atoms with Crippen LogP contribution in [0.25, 0.3) is 0 Å². The minimum atomic E-state index is -0.287. The van der Waals surface area contributed by atoms with Gasteiger partial charge in [-0.25, -0.2) is 4.79 Å². The number of benzene rings is 1. The molecule has 0 spiro atoms. The average molecular weight is 330 g/mol. The lowest BCUT2D eigenvalue weighted by atomic mass is 9.96. The van der Waals surface area contributed by atoms with Gasteiger partial charge in [0.2, 0.25) is 0 Å². The lowest BCUT2D eigenvalue weighted by Crippen LogP contribution is -2.31. The number of aromatic nitrogens is 2. The fraction of sp³-hybridized carbons (Fsp3) is 0.412. The van der Waals surface area contributed by atoms with Gasteiger partial charge in [0.15, 0.2) is 0 Å². The summed E-state index contributed by atoms with van der Waals surface area (Å²) in [5.41, 5.74) is 3.09. The fourth-order valence-electron chi connectivity index (χ4n) is 2.90. The molecule has 0 saturated heterocycles. The molecular formula is C17H22N4O3. The number of hydrogen-bond donors (Lipinski definition) is 2. The van der Waals surface area contributed by atoms with Gasteiger partial charge in [-0.05, 0) is 24.0 Å². The van der Waals surface area contributed by atoms with Crippen molar-refractivity contribution in [2.24, 2.45) is 7.05 Å². The molecule has 24 heavy (non-hydrogen) atoms. The molecule has 2 aromatic rings. The molecule has 1 aliphatic heterocycles. The Morgan fingerprint density at radius 2 is 2.29 bits per heavy atom. The Hall–Kier alpha value is -2.54. The topological polar surface area (TPSA) is 77.4 Å². The second-order valence-electron chi connectivity index (χ2n) is 5.70. The molecule has 1 atom stereocenters. The van der Waals surface area contributed by atoms with Crippen LogP contribution in [0.2, 0.25) is 0 Å². The summed E-state index contributed by atoms with van der Waals surface area (Å²) in [5.74, 6) is 0.386. The van der Waals surface area contributed by atoms with Crippen molar-refractivity contribution in [2.45, 2.75) is 18.9 Å². The van der Waals surface area contributed by atoms with E-state index >= 15 is 0 Å². The van der Waals surface area contributed by atoms with E-state index in [0.29, 0.717) is 18.1 Å². The Labute approximate surface area is 140 Å². The number of nitrogens with zero attached hydrogens (tertiary/aromatic N) is 2. The predicted octanol–water partition coefficient (Wildman–Crippen LogP) is 2.25. The number of ether oxygens (including phenoxy) is 2. The van der Waals surface area contributed by atoms with E-state index in [-0.39, 0.29) is 12.1 Å². The van der Waals surface area contributed by atoms with E-state index in [1.807, 2.05) is 12.1 Å². The van der Waals surface area contributed by atoms with Gasteiger partial charge in [0.25, 0.3) is 5.88 Å². The third kappa shape index (κ3) is 3.68. The van der Waals surface area contributed by atoms with Gasteiger partial charge in [0, 0.05) is 13.6 Å². The fourth-order valence-corrected chi connectivity index (χ4v) is 2.90. The van der Waals surface area contributed by atoms with Gasteiger partial charge in [-0.2, -0.15) is 0 Å². The summed E-state index contributed by atoms with van der Waals surface area (Å²) in [6.45, 7) is 1.24. The Bertz CT molecular complexity index is 714. The van der Waals surface area contributed by atoms with Gasteiger partial charge < -0.3 is 20.1 Å². The van der Waals surface area contributed by atoms with Gasteiger partial charge in [-0.1, -0.05) is 24.3 Å². The number of urea groups is 1. The third-order valence-electron chi connectivity index (χ3n) is 4.02. The zero-order valence-corrected chi connectivity index (χ0v) is 13.9. The minimum absolute atomic E-state index is 0.0307. The Morgan fingerprint density at radius 3 is 3.12 bits per heavy atom. The number of methoxy groups -OCH3 is 1. The number of nitrogens with one attached hydrogen (secondary N) is 2. The highest BCUT2D eigenvalue weighted by atomic mass is 16.5. The number of aryl methyl sites for hydroxylation is 1. The zero-order valence-electron chi connectivity index (χ0n) is 13.9. The molecule has 7 heteroatoms. The summed E-state index contributed by atoms with van der Waals surface area (Å²) in [6.07, 6.45) is 3.40. The predicted molar refractivity (Wildman–Crippen MR) is 90.2 cm³/mol. The molecule has 0 fully saturated rings. The first-order valence-electron chi connectivity index (χ1n) is 7.99. The molecule has 3 rings (SSSR count). The summed E-state index contributed by atoms with van der Waals surface area (Å²) in [6, 6.07) is 8.02. The van der Waals surface area contributed by atoms with Crippen LogP contribution in [0.15, 0.2) is 30.5 Å². The number of carbonyl (C=O) groups is 1. The Kier molecular flexibility index (Phi) is 5.00. The third-order valence-corrected chi connectivity index (χ3v) is 4.02. The number of hydrogen-bond acceptors (Lipinski definition) is 4. The number of fused-ring (bicyclic) bond motifs is 1. The molecule has 0 bridgehead atoms. The maximum Gasteiger partial charge on any atom is 0.319 e. The van der Waals surface area contributed by atoms with Crippen molar-refractivity contribution in [2.75, 3.05) is 25.6 Å². The van der Waals surface area contributed by atoms with Crippen molar-refractivity contribution in [1.29, 1.82) is 0 Å².